The summed E-state index contributed by atoms with van der Waals surface area (Å²) >= 11 is 0. The summed E-state index contributed by atoms with van der Waals surface area (Å²) in [6, 6.07) is 4.58. The maximum Gasteiger partial charge on any atom is 0.260 e. The molecule has 0 heterocycles. The van der Waals surface area contributed by atoms with Crippen LogP contribution in [0.4, 0.5) is 4.39 Å². The Kier molecular flexibility index (Phi) is 4.60. The van der Waals surface area contributed by atoms with Crippen LogP contribution in [0.1, 0.15) is 38.4 Å². The number of amides is 1. The van der Waals surface area contributed by atoms with E-state index in [4.69, 9.17) is 4.74 Å². The molecule has 0 aliphatic heterocycles. The van der Waals surface area contributed by atoms with E-state index in [9.17, 15) is 14.3 Å². The lowest BCUT2D eigenvalue weighted by molar-refractivity contribution is -0.133. The summed E-state index contributed by atoms with van der Waals surface area (Å²) in [5.74, 6) is -0.304. The van der Waals surface area contributed by atoms with Crippen LogP contribution in [0.3, 0.4) is 0 Å². The molecule has 1 N–H and O–H groups in total. The van der Waals surface area contributed by atoms with Gasteiger partial charge in [-0.2, -0.15) is 0 Å². The predicted octanol–water partition coefficient (Wildman–Crippen LogP) is 2.27. The van der Waals surface area contributed by atoms with Crippen molar-refractivity contribution in [3.63, 3.8) is 0 Å². The molecule has 2 rings (SSSR count). The number of hydrogen-bond acceptors (Lipinski definition) is 3. The molecular weight excluding hydrogens is 261 g/mol. The van der Waals surface area contributed by atoms with E-state index in [0.29, 0.717) is 18.3 Å². The summed E-state index contributed by atoms with van der Waals surface area (Å²) in [5, 5.41) is 9.34. The zero-order valence-corrected chi connectivity index (χ0v) is 11.8. The van der Waals surface area contributed by atoms with E-state index >= 15 is 0 Å². The van der Waals surface area contributed by atoms with Gasteiger partial charge in [-0.05, 0) is 38.8 Å². The molecule has 110 valence electrons. The molecule has 1 atom stereocenters. The predicted molar refractivity (Wildman–Crippen MR) is 72.9 cm³/mol. The van der Waals surface area contributed by atoms with Gasteiger partial charge in [0.2, 0.25) is 0 Å². The summed E-state index contributed by atoms with van der Waals surface area (Å²) in [5.41, 5.74) is 0.219. The van der Waals surface area contributed by atoms with Gasteiger partial charge in [0.05, 0.1) is 6.10 Å². The fourth-order valence-corrected chi connectivity index (χ4v) is 2.19. The topological polar surface area (TPSA) is 49.8 Å². The fourth-order valence-electron chi connectivity index (χ4n) is 2.19. The molecule has 0 bridgehead atoms. The second kappa shape index (κ2) is 6.22. The second-order valence-electron chi connectivity index (χ2n) is 5.06. The van der Waals surface area contributed by atoms with Crippen molar-refractivity contribution in [2.75, 3.05) is 13.2 Å². The largest absolute Gasteiger partial charge is 0.484 e. The number of aliphatic hydroxyl groups excluding tert-OH is 1. The molecule has 0 saturated heterocycles. The van der Waals surface area contributed by atoms with Gasteiger partial charge < -0.3 is 14.7 Å². The first-order chi connectivity index (χ1) is 9.52. The number of carbonyl (C=O) groups is 1. The van der Waals surface area contributed by atoms with Crippen molar-refractivity contribution in [2.45, 2.75) is 38.8 Å². The lowest BCUT2D eigenvalue weighted by Crippen LogP contribution is -2.36. The average Bonchev–Trinajstić information content (AvgIpc) is 3.21. The van der Waals surface area contributed by atoms with Crippen LogP contribution in [-0.4, -0.2) is 35.1 Å². The normalized spacial score (nSPS) is 15.8. The highest BCUT2D eigenvalue weighted by molar-refractivity contribution is 5.78. The molecule has 0 radical (unpaired) electrons. The summed E-state index contributed by atoms with van der Waals surface area (Å²) in [6.07, 6.45) is 1.24. The maximum absolute atomic E-state index is 13.7. The zero-order chi connectivity index (χ0) is 14.7. The molecule has 1 aromatic carbocycles. The van der Waals surface area contributed by atoms with E-state index in [1.165, 1.54) is 19.1 Å². The molecule has 4 nitrogen and oxygen atoms in total. The van der Waals surface area contributed by atoms with E-state index in [-0.39, 0.29) is 18.1 Å². The van der Waals surface area contributed by atoms with Crippen molar-refractivity contribution in [3.8, 4) is 5.75 Å². The van der Waals surface area contributed by atoms with Gasteiger partial charge in [0.25, 0.3) is 5.91 Å². The quantitative estimate of drug-likeness (QED) is 0.870. The van der Waals surface area contributed by atoms with Crippen LogP contribution in [0, 0.1) is 5.82 Å². The first kappa shape index (κ1) is 14.8. The Balaban J connectivity index is 1.93. The van der Waals surface area contributed by atoms with E-state index in [0.717, 1.165) is 12.8 Å². The summed E-state index contributed by atoms with van der Waals surface area (Å²) in [6.45, 7) is 4.02. The molecular formula is C15H20FNO3. The van der Waals surface area contributed by atoms with Crippen molar-refractivity contribution in [3.05, 3.63) is 29.6 Å². The van der Waals surface area contributed by atoms with Crippen molar-refractivity contribution in [1.29, 1.82) is 0 Å². The molecule has 1 saturated carbocycles. The molecule has 1 aliphatic carbocycles. The van der Waals surface area contributed by atoms with Crippen LogP contribution in [0.25, 0.3) is 0 Å². The minimum atomic E-state index is -0.865. The molecule has 1 unspecified atom stereocenters. The monoisotopic (exact) mass is 281 g/mol. The molecule has 1 fully saturated rings. The summed E-state index contributed by atoms with van der Waals surface area (Å²) in [4.78, 5) is 13.7. The minimum absolute atomic E-state index is 0.0741. The van der Waals surface area contributed by atoms with E-state index < -0.39 is 11.9 Å². The van der Waals surface area contributed by atoms with Crippen molar-refractivity contribution in [2.24, 2.45) is 0 Å². The number of aliphatic hydroxyl groups is 1. The third-order valence-corrected chi connectivity index (χ3v) is 3.43. The summed E-state index contributed by atoms with van der Waals surface area (Å²) < 4.78 is 19.0. The highest BCUT2D eigenvalue weighted by atomic mass is 19.1. The molecule has 0 spiro atoms. The van der Waals surface area contributed by atoms with Crippen LogP contribution in [0.15, 0.2) is 18.2 Å². The second-order valence-corrected chi connectivity index (χ2v) is 5.06. The third-order valence-electron chi connectivity index (χ3n) is 3.43. The van der Waals surface area contributed by atoms with E-state index in [2.05, 4.69) is 0 Å². The Morgan fingerprint density at radius 1 is 1.55 bits per heavy atom. The SMILES string of the molecule is CCN(C(=O)COc1ccc(C(C)O)c(F)c1)C1CC1. The highest BCUT2D eigenvalue weighted by Gasteiger charge is 2.31. The number of carbonyl (C=O) groups excluding carboxylic acids is 1. The van der Waals surface area contributed by atoms with Crippen LogP contribution in [0.2, 0.25) is 0 Å². The third kappa shape index (κ3) is 3.48. The molecule has 1 amide bonds. The number of hydrogen-bond donors (Lipinski definition) is 1. The first-order valence-electron chi connectivity index (χ1n) is 6.92. The van der Waals surface area contributed by atoms with Crippen molar-refractivity contribution < 1.29 is 19.0 Å². The van der Waals surface area contributed by atoms with Gasteiger partial charge in [0.15, 0.2) is 6.61 Å². The van der Waals surface area contributed by atoms with Gasteiger partial charge in [-0.15, -0.1) is 0 Å². The number of benzene rings is 1. The molecule has 0 aromatic heterocycles. The van der Waals surface area contributed by atoms with Crippen LogP contribution < -0.4 is 4.74 Å². The Hall–Kier alpha value is -1.62. The summed E-state index contributed by atoms with van der Waals surface area (Å²) in [7, 11) is 0. The lowest BCUT2D eigenvalue weighted by atomic mass is 10.1. The van der Waals surface area contributed by atoms with Crippen molar-refractivity contribution in [1.82, 2.24) is 4.90 Å². The van der Waals surface area contributed by atoms with Crippen LogP contribution >= 0.6 is 0 Å². The number of nitrogens with zero attached hydrogens (tertiary/aromatic N) is 1. The zero-order valence-electron chi connectivity index (χ0n) is 11.8. The van der Waals surface area contributed by atoms with Gasteiger partial charge in [0, 0.05) is 24.2 Å². The minimum Gasteiger partial charge on any atom is -0.484 e. The van der Waals surface area contributed by atoms with Gasteiger partial charge in [-0.25, -0.2) is 4.39 Å². The molecule has 20 heavy (non-hydrogen) atoms. The average molecular weight is 281 g/mol. The standard InChI is InChI=1S/C15H20FNO3/c1-3-17(11-4-5-11)15(19)9-20-12-6-7-13(10(2)18)14(16)8-12/h6-8,10-11,18H,3-5,9H2,1-2H3. The molecule has 1 aromatic rings. The fraction of sp³-hybridized carbons (Fsp3) is 0.533. The molecule has 5 heteroatoms. The number of rotatable bonds is 6. The Labute approximate surface area is 118 Å². The Bertz CT molecular complexity index is 486. The van der Waals surface area contributed by atoms with Gasteiger partial charge in [-0.3, -0.25) is 4.79 Å². The Morgan fingerprint density at radius 3 is 2.75 bits per heavy atom. The number of likely N-dealkylation sites (N-methyl/N-ethyl adjacent to an activating group) is 1. The van der Waals surface area contributed by atoms with E-state index in [1.807, 2.05) is 6.92 Å². The van der Waals surface area contributed by atoms with Gasteiger partial charge >= 0.3 is 0 Å². The number of halogens is 1. The van der Waals surface area contributed by atoms with Crippen LogP contribution in [0.5, 0.6) is 5.75 Å². The van der Waals surface area contributed by atoms with Crippen molar-refractivity contribution >= 4 is 5.91 Å². The Morgan fingerprint density at radius 2 is 2.25 bits per heavy atom. The first-order valence-corrected chi connectivity index (χ1v) is 6.92. The highest BCUT2D eigenvalue weighted by Crippen LogP contribution is 2.27. The van der Waals surface area contributed by atoms with Gasteiger partial charge in [0.1, 0.15) is 11.6 Å². The maximum atomic E-state index is 13.7. The smallest absolute Gasteiger partial charge is 0.260 e. The van der Waals surface area contributed by atoms with Gasteiger partial charge in [-0.1, -0.05) is 0 Å². The van der Waals surface area contributed by atoms with E-state index in [1.54, 1.807) is 11.0 Å². The number of ether oxygens (including phenoxy) is 1. The van der Waals surface area contributed by atoms with Crippen LogP contribution in [-0.2, 0) is 4.79 Å². The molecule has 1 aliphatic rings. The lowest BCUT2D eigenvalue weighted by Gasteiger charge is -2.20.